The van der Waals surface area contributed by atoms with Crippen molar-refractivity contribution in [2.45, 2.75) is 106 Å². The first-order valence-corrected chi connectivity index (χ1v) is 13.5. The Bertz CT molecular complexity index is 970. The van der Waals surface area contributed by atoms with Gasteiger partial charge < -0.3 is 9.84 Å². The smallest absolute Gasteiger partial charge is 0.309 e. The molecule has 1 N–H and O–H groups in total. The number of aliphatic hydroxyl groups is 1. The van der Waals surface area contributed by atoms with Gasteiger partial charge in [0, 0.05) is 23.7 Å². The number of hydrogen-bond donors (Lipinski definition) is 1. The lowest BCUT2D eigenvalue weighted by atomic mass is 9.40. The molecule has 4 nitrogen and oxygen atoms in total. The van der Waals surface area contributed by atoms with Crippen molar-refractivity contribution in [3.05, 3.63) is 23.3 Å². The molecule has 0 aromatic heterocycles. The number of fused-ring (bicyclic) bond motifs is 7. The largest absolute Gasteiger partial charge is 0.462 e. The molecule has 0 bridgehead atoms. The lowest BCUT2D eigenvalue weighted by Gasteiger charge is -2.63. The van der Waals surface area contributed by atoms with Gasteiger partial charge >= 0.3 is 5.97 Å². The number of carbonyl (C=O) groups is 2. The fraction of sp³-hybridized carbons (Fsp3) is 0.800. The molecule has 0 amide bonds. The zero-order valence-corrected chi connectivity index (χ0v) is 22.2. The fourth-order valence-corrected chi connectivity index (χ4v) is 9.80. The highest BCUT2D eigenvalue weighted by atomic mass is 16.6. The highest BCUT2D eigenvalue weighted by Crippen LogP contribution is 2.74. The van der Waals surface area contributed by atoms with E-state index in [4.69, 9.17) is 4.74 Å². The average molecular weight is 469 g/mol. The SMILES string of the molecule is CC(C)=CCC[C@H]1C(=O)O[C@H]2C[C@]3(C)C4=C[C@@H](O)[C@H]5C(C)(C)C(=O)CC[C@]5(C)C4CC[C@@]3(C)[C@@H]21. The van der Waals surface area contributed by atoms with Crippen molar-refractivity contribution in [2.75, 3.05) is 0 Å². The predicted molar refractivity (Wildman–Crippen MR) is 133 cm³/mol. The van der Waals surface area contributed by atoms with E-state index in [0.717, 1.165) is 38.5 Å². The van der Waals surface area contributed by atoms with E-state index in [1.54, 1.807) is 0 Å². The summed E-state index contributed by atoms with van der Waals surface area (Å²) < 4.78 is 6.07. The Kier molecular flexibility index (Phi) is 5.39. The van der Waals surface area contributed by atoms with E-state index in [1.165, 1.54) is 11.1 Å². The summed E-state index contributed by atoms with van der Waals surface area (Å²) in [5.41, 5.74) is 1.98. The quantitative estimate of drug-likeness (QED) is 0.406. The second kappa shape index (κ2) is 7.54. The number of carbonyl (C=O) groups excluding carboxylic acids is 2. The predicted octanol–water partition coefficient (Wildman–Crippen LogP) is 6.03. The third-order valence-electron chi connectivity index (χ3n) is 11.6. The number of Topliss-reactive ketones (excluding diaryl/α,β-unsaturated/α-hetero) is 1. The van der Waals surface area contributed by atoms with Crippen molar-refractivity contribution in [1.82, 2.24) is 0 Å². The van der Waals surface area contributed by atoms with Gasteiger partial charge in [-0.3, -0.25) is 9.59 Å². The summed E-state index contributed by atoms with van der Waals surface area (Å²) in [6.45, 7) is 15.4. The van der Waals surface area contributed by atoms with Crippen LogP contribution < -0.4 is 0 Å². The van der Waals surface area contributed by atoms with Crippen LogP contribution in [0.5, 0.6) is 0 Å². The van der Waals surface area contributed by atoms with Crippen LogP contribution in [0.2, 0.25) is 0 Å². The normalized spacial score (nSPS) is 48.8. The van der Waals surface area contributed by atoms with Crippen LogP contribution in [0.15, 0.2) is 23.3 Å². The molecular formula is C30H44O4. The van der Waals surface area contributed by atoms with Gasteiger partial charge in [-0.15, -0.1) is 0 Å². The Morgan fingerprint density at radius 2 is 1.85 bits per heavy atom. The monoisotopic (exact) mass is 468 g/mol. The van der Waals surface area contributed by atoms with Crippen LogP contribution in [-0.4, -0.2) is 29.1 Å². The Labute approximate surface area is 205 Å². The lowest BCUT2D eigenvalue weighted by Crippen LogP contribution is -2.61. The van der Waals surface area contributed by atoms with Gasteiger partial charge in [0.15, 0.2) is 0 Å². The van der Waals surface area contributed by atoms with Gasteiger partial charge in [0.25, 0.3) is 0 Å². The van der Waals surface area contributed by atoms with Crippen molar-refractivity contribution in [3.63, 3.8) is 0 Å². The van der Waals surface area contributed by atoms with Crippen LogP contribution >= 0.6 is 0 Å². The van der Waals surface area contributed by atoms with E-state index < -0.39 is 11.5 Å². The summed E-state index contributed by atoms with van der Waals surface area (Å²) in [5, 5.41) is 11.5. The van der Waals surface area contributed by atoms with Crippen LogP contribution in [0.4, 0.5) is 0 Å². The third-order valence-corrected chi connectivity index (χ3v) is 11.6. The Morgan fingerprint density at radius 3 is 2.53 bits per heavy atom. The second-order valence-electron chi connectivity index (χ2n) is 13.8. The van der Waals surface area contributed by atoms with E-state index in [9.17, 15) is 14.7 Å². The van der Waals surface area contributed by atoms with E-state index in [1.807, 2.05) is 13.8 Å². The van der Waals surface area contributed by atoms with Crippen molar-refractivity contribution in [3.8, 4) is 0 Å². The highest BCUT2D eigenvalue weighted by molar-refractivity contribution is 5.85. The number of ketones is 1. The van der Waals surface area contributed by atoms with Gasteiger partial charge in [-0.1, -0.05) is 57.9 Å². The van der Waals surface area contributed by atoms with Crippen LogP contribution in [-0.2, 0) is 14.3 Å². The molecule has 1 saturated heterocycles. The first-order valence-electron chi connectivity index (χ1n) is 13.5. The molecule has 34 heavy (non-hydrogen) atoms. The molecule has 5 aliphatic rings. The van der Waals surface area contributed by atoms with Crippen LogP contribution in [0.3, 0.4) is 0 Å². The van der Waals surface area contributed by atoms with Gasteiger partial charge in [-0.25, -0.2) is 0 Å². The minimum Gasteiger partial charge on any atom is -0.462 e. The van der Waals surface area contributed by atoms with Crippen LogP contribution in [0.25, 0.3) is 0 Å². The number of hydrogen-bond acceptors (Lipinski definition) is 4. The Balaban J connectivity index is 1.53. The maximum Gasteiger partial charge on any atom is 0.309 e. The van der Waals surface area contributed by atoms with Gasteiger partial charge in [0.1, 0.15) is 11.9 Å². The second-order valence-corrected chi connectivity index (χ2v) is 13.8. The first-order chi connectivity index (χ1) is 15.8. The maximum absolute atomic E-state index is 12.9. The summed E-state index contributed by atoms with van der Waals surface area (Å²) in [5.74, 6) is 0.833. The molecular weight excluding hydrogens is 424 g/mol. The summed E-state index contributed by atoms with van der Waals surface area (Å²) in [4.78, 5) is 25.8. The van der Waals surface area contributed by atoms with Gasteiger partial charge in [0.2, 0.25) is 0 Å². The Hall–Kier alpha value is -1.42. The molecule has 3 saturated carbocycles. The molecule has 4 fully saturated rings. The van der Waals surface area contributed by atoms with Gasteiger partial charge in [-0.2, -0.15) is 0 Å². The van der Waals surface area contributed by atoms with E-state index in [-0.39, 0.29) is 46.1 Å². The maximum atomic E-state index is 12.9. The molecule has 1 aliphatic heterocycles. The number of esters is 1. The summed E-state index contributed by atoms with van der Waals surface area (Å²) >= 11 is 0. The molecule has 188 valence electrons. The average Bonchev–Trinajstić information content (AvgIpc) is 3.15. The molecule has 0 spiro atoms. The van der Waals surface area contributed by atoms with Gasteiger partial charge in [-0.05, 0) is 74.5 Å². The number of allylic oxidation sites excluding steroid dienone is 3. The molecule has 1 unspecified atom stereocenters. The molecule has 4 heteroatoms. The summed E-state index contributed by atoms with van der Waals surface area (Å²) in [6.07, 6.45) is 10.0. The molecule has 5 rings (SSSR count). The minimum absolute atomic E-state index is 0.000202. The molecule has 1 heterocycles. The lowest BCUT2D eigenvalue weighted by molar-refractivity contribution is -0.157. The number of ether oxygens (including phenoxy) is 1. The van der Waals surface area contributed by atoms with Gasteiger partial charge in [0.05, 0.1) is 12.0 Å². The summed E-state index contributed by atoms with van der Waals surface area (Å²) in [7, 11) is 0. The standard InChI is InChI=1S/C30H44O4/c1-17(2)9-8-10-18-24-22(34-26(18)33)16-30(7)20-15-21(31)25-27(3,4)23(32)12-13-28(25,5)19(20)11-14-29(24,30)6/h9,15,18-19,21-22,24-25,31H,8,10-14,16H2,1-7H3/t18-,19?,21-,22+,24-,25+,28-,29+,30-/m1/s1. The first kappa shape index (κ1) is 24.3. The van der Waals surface area contributed by atoms with Crippen molar-refractivity contribution in [1.29, 1.82) is 0 Å². The minimum atomic E-state index is -0.605. The fourth-order valence-electron chi connectivity index (χ4n) is 9.80. The molecule has 0 radical (unpaired) electrons. The van der Waals surface area contributed by atoms with E-state index >= 15 is 0 Å². The van der Waals surface area contributed by atoms with Crippen LogP contribution in [0, 0.1) is 45.3 Å². The Morgan fingerprint density at radius 1 is 1.15 bits per heavy atom. The highest BCUT2D eigenvalue weighted by Gasteiger charge is 2.71. The van der Waals surface area contributed by atoms with E-state index in [2.05, 4.69) is 46.8 Å². The molecule has 0 aromatic carbocycles. The van der Waals surface area contributed by atoms with Crippen molar-refractivity contribution in [2.24, 2.45) is 45.3 Å². The molecule has 4 aliphatic carbocycles. The number of aliphatic hydroxyl groups excluding tert-OH is 1. The topological polar surface area (TPSA) is 63.6 Å². The van der Waals surface area contributed by atoms with Crippen LogP contribution in [0.1, 0.15) is 93.4 Å². The molecule has 9 atom stereocenters. The van der Waals surface area contributed by atoms with Crippen molar-refractivity contribution >= 4 is 11.8 Å². The third kappa shape index (κ3) is 2.99. The summed E-state index contributed by atoms with van der Waals surface area (Å²) in [6, 6.07) is 0. The molecule has 0 aromatic rings. The van der Waals surface area contributed by atoms with E-state index in [0.29, 0.717) is 18.1 Å². The van der Waals surface area contributed by atoms with Crippen molar-refractivity contribution < 1.29 is 19.4 Å². The number of rotatable bonds is 3. The zero-order chi connectivity index (χ0) is 24.8. The zero-order valence-electron chi connectivity index (χ0n) is 22.2.